The van der Waals surface area contributed by atoms with E-state index in [4.69, 9.17) is 0 Å². The van der Waals surface area contributed by atoms with Crippen LogP contribution in [0.15, 0.2) is 41.8 Å². The molecular weight excluding hydrogens is 248 g/mol. The fourth-order valence-electron chi connectivity index (χ4n) is 1.67. The lowest BCUT2D eigenvalue weighted by Crippen LogP contribution is -2.28. The second-order valence-corrected chi connectivity index (χ2v) is 4.76. The Balaban J connectivity index is 1.80. The molecule has 18 heavy (non-hydrogen) atoms. The van der Waals surface area contributed by atoms with Crippen molar-refractivity contribution >= 4 is 28.4 Å². The molecule has 0 spiro atoms. The number of hydrogen-bond donors (Lipinski definition) is 1. The van der Waals surface area contributed by atoms with Crippen molar-refractivity contribution in [1.29, 1.82) is 0 Å². The Kier molecular flexibility index (Phi) is 2.77. The van der Waals surface area contributed by atoms with Crippen molar-refractivity contribution in [1.82, 2.24) is 20.3 Å². The molecule has 0 unspecified atom stereocenters. The van der Waals surface area contributed by atoms with Crippen LogP contribution in [0.2, 0.25) is 0 Å². The highest BCUT2D eigenvalue weighted by atomic mass is 32.1. The van der Waals surface area contributed by atoms with Crippen molar-refractivity contribution in [2.75, 3.05) is 0 Å². The summed E-state index contributed by atoms with van der Waals surface area (Å²) in [6.45, 7) is 0.505. The molecule has 5 nitrogen and oxygen atoms in total. The van der Waals surface area contributed by atoms with Crippen LogP contribution < -0.4 is 5.32 Å². The fourth-order valence-corrected chi connectivity index (χ4v) is 2.31. The Morgan fingerprint density at radius 3 is 3.00 bits per heavy atom. The van der Waals surface area contributed by atoms with E-state index >= 15 is 0 Å². The lowest BCUT2D eigenvalue weighted by molar-refractivity contribution is 0.239. The van der Waals surface area contributed by atoms with Crippen LogP contribution in [0.5, 0.6) is 0 Å². The first-order valence-electron chi connectivity index (χ1n) is 5.45. The van der Waals surface area contributed by atoms with Gasteiger partial charge in [0.2, 0.25) is 0 Å². The summed E-state index contributed by atoms with van der Waals surface area (Å²) >= 11 is 1.61. The highest BCUT2D eigenvalue weighted by Crippen LogP contribution is 2.10. The Morgan fingerprint density at radius 1 is 1.28 bits per heavy atom. The second kappa shape index (κ2) is 4.58. The van der Waals surface area contributed by atoms with Gasteiger partial charge in [-0.3, -0.25) is 0 Å². The summed E-state index contributed by atoms with van der Waals surface area (Å²) in [5.41, 5.74) is 1.42. The van der Waals surface area contributed by atoms with Crippen LogP contribution >= 0.6 is 11.3 Å². The summed E-state index contributed by atoms with van der Waals surface area (Å²) < 4.78 is 1.28. The number of amides is 1. The summed E-state index contributed by atoms with van der Waals surface area (Å²) in [5, 5.41) is 12.6. The third kappa shape index (κ3) is 1.98. The van der Waals surface area contributed by atoms with Crippen molar-refractivity contribution in [3.63, 3.8) is 0 Å². The molecule has 0 aliphatic heterocycles. The summed E-state index contributed by atoms with van der Waals surface area (Å²) in [7, 11) is 0. The van der Waals surface area contributed by atoms with Crippen molar-refractivity contribution < 1.29 is 4.79 Å². The van der Waals surface area contributed by atoms with Crippen molar-refractivity contribution in [2.24, 2.45) is 0 Å². The first kappa shape index (κ1) is 10.9. The molecule has 0 atom stereocenters. The molecule has 0 aliphatic carbocycles. The second-order valence-electron chi connectivity index (χ2n) is 3.73. The first-order chi connectivity index (χ1) is 8.84. The van der Waals surface area contributed by atoms with E-state index in [1.807, 2.05) is 41.8 Å². The molecule has 0 fully saturated rings. The Hall–Kier alpha value is -2.21. The van der Waals surface area contributed by atoms with E-state index in [9.17, 15) is 4.79 Å². The minimum Gasteiger partial charge on any atom is -0.331 e. The molecule has 3 rings (SSSR count). The number of rotatable bonds is 2. The topological polar surface area (TPSA) is 59.8 Å². The molecule has 90 valence electrons. The van der Waals surface area contributed by atoms with Gasteiger partial charge < -0.3 is 5.32 Å². The number of aromatic nitrogens is 3. The molecule has 1 amide bonds. The number of hydrogen-bond acceptors (Lipinski definition) is 4. The van der Waals surface area contributed by atoms with Crippen LogP contribution in [0.3, 0.4) is 0 Å². The van der Waals surface area contributed by atoms with Gasteiger partial charge in [-0.05, 0) is 23.6 Å². The van der Waals surface area contributed by atoms with Crippen LogP contribution in [0, 0.1) is 0 Å². The largest absolute Gasteiger partial charge is 0.344 e. The number of carbonyl (C=O) groups excluding carboxylic acids is 1. The van der Waals surface area contributed by atoms with Gasteiger partial charge in [0.25, 0.3) is 0 Å². The van der Waals surface area contributed by atoms with Crippen LogP contribution in [0.1, 0.15) is 4.88 Å². The van der Waals surface area contributed by atoms with Crippen molar-refractivity contribution in [2.45, 2.75) is 6.54 Å². The standard InChI is InChI=1S/C12H10N4OS/c17-12(13-8-9-4-3-7-18-9)16-11-6-2-1-5-10(11)14-15-16/h1-7H,8H2,(H,13,17). The SMILES string of the molecule is O=C(NCc1cccs1)n1nnc2ccccc21. The van der Waals surface area contributed by atoms with E-state index in [2.05, 4.69) is 15.6 Å². The maximum absolute atomic E-state index is 12.0. The maximum atomic E-state index is 12.0. The van der Waals surface area contributed by atoms with Gasteiger partial charge in [-0.1, -0.05) is 23.4 Å². The first-order valence-corrected chi connectivity index (χ1v) is 6.33. The molecule has 0 saturated heterocycles. The van der Waals surface area contributed by atoms with Crippen LogP contribution in [-0.2, 0) is 6.54 Å². The van der Waals surface area contributed by atoms with Gasteiger partial charge in [0.05, 0.1) is 12.1 Å². The van der Waals surface area contributed by atoms with E-state index in [0.29, 0.717) is 17.6 Å². The number of nitrogens with one attached hydrogen (secondary N) is 1. The quantitative estimate of drug-likeness (QED) is 0.767. The lowest BCUT2D eigenvalue weighted by Gasteiger charge is -2.03. The third-order valence-corrected chi connectivity index (χ3v) is 3.41. The Bertz CT molecular complexity index is 674. The summed E-state index contributed by atoms with van der Waals surface area (Å²) in [6.07, 6.45) is 0. The van der Waals surface area contributed by atoms with Crippen LogP contribution in [0.4, 0.5) is 4.79 Å². The van der Waals surface area contributed by atoms with Gasteiger partial charge >= 0.3 is 6.03 Å². The zero-order chi connectivity index (χ0) is 12.4. The molecule has 1 aromatic carbocycles. The number of carbonyl (C=O) groups is 1. The zero-order valence-corrected chi connectivity index (χ0v) is 10.2. The molecule has 3 aromatic rings. The molecule has 0 saturated carbocycles. The number of benzene rings is 1. The number of fused-ring (bicyclic) bond motifs is 1. The molecule has 0 bridgehead atoms. The number of nitrogens with zero attached hydrogens (tertiary/aromatic N) is 3. The minimum atomic E-state index is -0.267. The highest BCUT2D eigenvalue weighted by molar-refractivity contribution is 7.09. The van der Waals surface area contributed by atoms with E-state index in [-0.39, 0.29) is 6.03 Å². The number of para-hydroxylation sites is 1. The van der Waals surface area contributed by atoms with E-state index in [1.165, 1.54) is 4.68 Å². The average molecular weight is 258 g/mol. The smallest absolute Gasteiger partial charge is 0.331 e. The normalized spacial score (nSPS) is 10.7. The summed E-state index contributed by atoms with van der Waals surface area (Å²) in [4.78, 5) is 13.1. The minimum absolute atomic E-state index is 0.267. The molecule has 0 aliphatic rings. The van der Waals surface area contributed by atoms with Gasteiger partial charge in [-0.25, -0.2) is 4.79 Å². The average Bonchev–Trinajstić information content (AvgIpc) is 3.05. The summed E-state index contributed by atoms with van der Waals surface area (Å²) in [6, 6.07) is 11.0. The maximum Gasteiger partial charge on any atom is 0.344 e. The van der Waals surface area contributed by atoms with Crippen molar-refractivity contribution in [3.05, 3.63) is 46.7 Å². The fraction of sp³-hybridized carbons (Fsp3) is 0.0833. The number of thiophene rings is 1. The monoisotopic (exact) mass is 258 g/mol. The van der Waals surface area contributed by atoms with Gasteiger partial charge in [-0.2, -0.15) is 4.68 Å². The Morgan fingerprint density at radius 2 is 2.17 bits per heavy atom. The third-order valence-electron chi connectivity index (χ3n) is 2.54. The molecule has 2 heterocycles. The van der Waals surface area contributed by atoms with Gasteiger partial charge in [0.1, 0.15) is 5.52 Å². The van der Waals surface area contributed by atoms with E-state index in [1.54, 1.807) is 11.3 Å². The zero-order valence-electron chi connectivity index (χ0n) is 9.41. The van der Waals surface area contributed by atoms with Crippen LogP contribution in [0.25, 0.3) is 11.0 Å². The predicted molar refractivity (Wildman–Crippen MR) is 69.5 cm³/mol. The van der Waals surface area contributed by atoms with Crippen molar-refractivity contribution in [3.8, 4) is 0 Å². The molecule has 1 N–H and O–H groups in total. The van der Waals surface area contributed by atoms with E-state index in [0.717, 1.165) is 4.88 Å². The highest BCUT2D eigenvalue weighted by Gasteiger charge is 2.10. The predicted octanol–water partition coefficient (Wildman–Crippen LogP) is 2.25. The Labute approximate surface area is 107 Å². The molecular formula is C12H10N4OS. The molecule has 0 radical (unpaired) electrons. The van der Waals surface area contributed by atoms with Gasteiger partial charge in [-0.15, -0.1) is 16.4 Å². The van der Waals surface area contributed by atoms with Gasteiger partial charge in [0.15, 0.2) is 0 Å². The van der Waals surface area contributed by atoms with Gasteiger partial charge in [0, 0.05) is 4.88 Å². The van der Waals surface area contributed by atoms with Crippen LogP contribution in [-0.4, -0.2) is 21.0 Å². The summed E-state index contributed by atoms with van der Waals surface area (Å²) in [5.74, 6) is 0. The molecule has 6 heteroatoms. The lowest BCUT2D eigenvalue weighted by atomic mass is 10.3. The van der Waals surface area contributed by atoms with E-state index < -0.39 is 0 Å². The molecule has 2 aromatic heterocycles.